The van der Waals surface area contributed by atoms with E-state index in [0.717, 1.165) is 11.1 Å². The topological polar surface area (TPSA) is 63.1 Å². The summed E-state index contributed by atoms with van der Waals surface area (Å²) in [6.07, 6.45) is 1.68. The molecule has 2 rings (SSSR count). The molecule has 128 valence electrons. The lowest BCUT2D eigenvalue weighted by atomic mass is 10.1. The lowest BCUT2D eigenvalue weighted by Crippen LogP contribution is -2.11. The Morgan fingerprint density at radius 3 is 2.71 bits per heavy atom. The number of aryl methyl sites for hydroxylation is 1. The first-order valence-corrected chi connectivity index (χ1v) is 8.05. The van der Waals surface area contributed by atoms with Gasteiger partial charge in [-0.25, -0.2) is 0 Å². The predicted molar refractivity (Wildman–Crippen MR) is 95.8 cm³/mol. The molecule has 2 aromatic carbocycles. The Morgan fingerprint density at radius 2 is 1.96 bits per heavy atom. The second kappa shape index (κ2) is 9.57. The molecule has 0 spiro atoms. The minimum atomic E-state index is 0.0488. The van der Waals surface area contributed by atoms with Crippen LogP contribution in [0, 0.1) is 6.92 Å². The predicted octanol–water partition coefficient (Wildman–Crippen LogP) is 2.89. The lowest BCUT2D eigenvalue weighted by Gasteiger charge is -2.13. The molecule has 0 saturated carbocycles. The molecule has 0 bridgehead atoms. The van der Waals surface area contributed by atoms with Crippen LogP contribution in [0.4, 0.5) is 0 Å². The zero-order valence-corrected chi connectivity index (χ0v) is 14.2. The first-order valence-electron chi connectivity index (χ1n) is 8.05. The van der Waals surface area contributed by atoms with Gasteiger partial charge in [0, 0.05) is 0 Å². The summed E-state index contributed by atoms with van der Waals surface area (Å²) in [4.78, 5) is 0. The van der Waals surface area contributed by atoms with Crippen molar-refractivity contribution >= 4 is 6.21 Å². The molecule has 0 atom stereocenters. The van der Waals surface area contributed by atoms with Crippen molar-refractivity contribution in [1.82, 2.24) is 5.43 Å². The highest BCUT2D eigenvalue weighted by molar-refractivity contribution is 5.80. The van der Waals surface area contributed by atoms with E-state index in [9.17, 15) is 0 Å². The number of nitrogens with one attached hydrogen (secondary N) is 1. The summed E-state index contributed by atoms with van der Waals surface area (Å²) in [5.74, 6) is 1.40. The van der Waals surface area contributed by atoms with E-state index in [0.29, 0.717) is 31.3 Å². The van der Waals surface area contributed by atoms with Crippen LogP contribution in [0.5, 0.6) is 11.5 Å². The smallest absolute Gasteiger partial charge is 0.161 e. The van der Waals surface area contributed by atoms with E-state index in [2.05, 4.69) is 29.6 Å². The van der Waals surface area contributed by atoms with Gasteiger partial charge in [-0.05, 0) is 48.7 Å². The van der Waals surface area contributed by atoms with E-state index in [1.54, 1.807) is 6.21 Å². The average Bonchev–Trinajstić information content (AvgIpc) is 2.59. The first kappa shape index (κ1) is 17.8. The van der Waals surface area contributed by atoms with Gasteiger partial charge >= 0.3 is 0 Å². The summed E-state index contributed by atoms with van der Waals surface area (Å²) >= 11 is 0. The van der Waals surface area contributed by atoms with E-state index in [1.807, 2.05) is 37.3 Å². The average molecular weight is 328 g/mol. The Morgan fingerprint density at radius 1 is 1.12 bits per heavy atom. The van der Waals surface area contributed by atoms with Crippen molar-refractivity contribution < 1.29 is 14.6 Å². The van der Waals surface area contributed by atoms with Crippen LogP contribution < -0.4 is 14.9 Å². The molecule has 2 N–H and O–H groups in total. The van der Waals surface area contributed by atoms with Gasteiger partial charge < -0.3 is 20.0 Å². The number of hydrogen-bond donors (Lipinski definition) is 2. The number of rotatable bonds is 9. The highest BCUT2D eigenvalue weighted by Gasteiger charge is 2.07. The van der Waals surface area contributed by atoms with Crippen molar-refractivity contribution in [3.8, 4) is 11.5 Å². The maximum absolute atomic E-state index is 8.71. The molecule has 0 aliphatic heterocycles. The fraction of sp³-hybridized carbons (Fsp3) is 0.316. The summed E-state index contributed by atoms with van der Waals surface area (Å²) < 4.78 is 11.6. The van der Waals surface area contributed by atoms with Crippen molar-refractivity contribution in [3.63, 3.8) is 0 Å². The summed E-state index contributed by atoms with van der Waals surface area (Å²) in [7, 11) is 0. The zero-order chi connectivity index (χ0) is 17.2. The summed E-state index contributed by atoms with van der Waals surface area (Å²) in [5.41, 5.74) is 6.00. The van der Waals surface area contributed by atoms with Gasteiger partial charge in [0.25, 0.3) is 0 Å². The van der Waals surface area contributed by atoms with Crippen LogP contribution in [-0.2, 0) is 6.61 Å². The van der Waals surface area contributed by atoms with Gasteiger partial charge in [-0.3, -0.25) is 0 Å². The Labute approximate surface area is 142 Å². The van der Waals surface area contributed by atoms with Crippen LogP contribution in [0.15, 0.2) is 47.6 Å². The van der Waals surface area contributed by atoms with E-state index < -0.39 is 0 Å². The van der Waals surface area contributed by atoms with E-state index in [1.165, 1.54) is 5.56 Å². The summed E-state index contributed by atoms with van der Waals surface area (Å²) in [6.45, 7) is 5.54. The molecular weight excluding hydrogens is 304 g/mol. The monoisotopic (exact) mass is 328 g/mol. The molecule has 5 nitrogen and oxygen atoms in total. The molecule has 0 unspecified atom stereocenters. The number of benzene rings is 2. The SMILES string of the molecule is CCOc1cc(C=NNCCO)ccc1OCc1ccccc1C. The maximum atomic E-state index is 8.71. The molecule has 0 heterocycles. The lowest BCUT2D eigenvalue weighted by molar-refractivity contribution is 0.269. The zero-order valence-electron chi connectivity index (χ0n) is 14.2. The first-order chi connectivity index (χ1) is 11.7. The number of hydrogen-bond acceptors (Lipinski definition) is 5. The van der Waals surface area contributed by atoms with E-state index in [4.69, 9.17) is 14.6 Å². The third-order valence-electron chi connectivity index (χ3n) is 3.44. The van der Waals surface area contributed by atoms with Crippen LogP contribution in [0.25, 0.3) is 0 Å². The van der Waals surface area contributed by atoms with Crippen molar-refractivity contribution in [1.29, 1.82) is 0 Å². The standard InChI is InChI=1S/C19H24N2O3/c1-3-23-19-12-16(13-21-20-10-11-22)8-9-18(19)24-14-17-7-5-4-6-15(17)2/h4-9,12-13,20,22H,3,10-11,14H2,1-2H3. The van der Waals surface area contributed by atoms with Crippen LogP contribution in [0.3, 0.4) is 0 Å². The van der Waals surface area contributed by atoms with Crippen molar-refractivity contribution in [3.05, 3.63) is 59.2 Å². The Hall–Kier alpha value is -2.53. The molecule has 0 amide bonds. The number of hydrazone groups is 1. The number of aliphatic hydroxyl groups excluding tert-OH is 1. The van der Waals surface area contributed by atoms with Gasteiger partial charge in [0.1, 0.15) is 6.61 Å². The number of ether oxygens (including phenoxy) is 2. The molecular formula is C19H24N2O3. The number of nitrogens with zero attached hydrogens (tertiary/aromatic N) is 1. The Balaban J connectivity index is 2.08. The second-order valence-electron chi connectivity index (χ2n) is 5.24. The Kier molecular flexibility index (Phi) is 7.11. The second-order valence-corrected chi connectivity index (χ2v) is 5.24. The highest BCUT2D eigenvalue weighted by atomic mass is 16.5. The molecule has 0 aromatic heterocycles. The van der Waals surface area contributed by atoms with Crippen LogP contribution >= 0.6 is 0 Å². The third-order valence-corrected chi connectivity index (χ3v) is 3.44. The maximum Gasteiger partial charge on any atom is 0.161 e. The van der Waals surface area contributed by atoms with Crippen molar-refractivity contribution in [2.45, 2.75) is 20.5 Å². The van der Waals surface area contributed by atoms with Gasteiger partial charge in [0.05, 0.1) is 26.0 Å². The molecule has 0 saturated heterocycles. The minimum absolute atomic E-state index is 0.0488. The fourth-order valence-electron chi connectivity index (χ4n) is 2.15. The Bertz CT molecular complexity index is 671. The normalized spacial score (nSPS) is 10.8. The van der Waals surface area contributed by atoms with E-state index in [-0.39, 0.29) is 6.61 Å². The van der Waals surface area contributed by atoms with Gasteiger partial charge in [-0.1, -0.05) is 24.3 Å². The quantitative estimate of drug-likeness (QED) is 0.422. The van der Waals surface area contributed by atoms with Gasteiger partial charge in [0.2, 0.25) is 0 Å². The molecule has 0 aliphatic carbocycles. The largest absolute Gasteiger partial charge is 0.490 e. The highest BCUT2D eigenvalue weighted by Crippen LogP contribution is 2.29. The molecule has 5 heteroatoms. The van der Waals surface area contributed by atoms with Gasteiger partial charge in [-0.2, -0.15) is 5.10 Å². The molecule has 0 fully saturated rings. The molecule has 0 radical (unpaired) electrons. The van der Waals surface area contributed by atoms with Crippen LogP contribution in [0.1, 0.15) is 23.6 Å². The van der Waals surface area contributed by atoms with E-state index >= 15 is 0 Å². The minimum Gasteiger partial charge on any atom is -0.490 e. The van der Waals surface area contributed by atoms with Gasteiger partial charge in [0.15, 0.2) is 11.5 Å². The summed E-state index contributed by atoms with van der Waals surface area (Å²) in [6, 6.07) is 13.8. The van der Waals surface area contributed by atoms with Crippen LogP contribution in [-0.4, -0.2) is 31.1 Å². The number of aliphatic hydroxyl groups is 1. The molecule has 0 aliphatic rings. The summed E-state index contributed by atoms with van der Waals surface area (Å²) in [5, 5.41) is 12.7. The fourth-order valence-corrected chi connectivity index (χ4v) is 2.15. The van der Waals surface area contributed by atoms with Gasteiger partial charge in [-0.15, -0.1) is 0 Å². The molecule has 24 heavy (non-hydrogen) atoms. The van der Waals surface area contributed by atoms with Crippen molar-refractivity contribution in [2.75, 3.05) is 19.8 Å². The third kappa shape index (κ3) is 5.28. The van der Waals surface area contributed by atoms with Crippen LogP contribution in [0.2, 0.25) is 0 Å². The van der Waals surface area contributed by atoms with Crippen molar-refractivity contribution in [2.24, 2.45) is 5.10 Å². The molecule has 2 aromatic rings.